The van der Waals surface area contributed by atoms with Crippen molar-refractivity contribution in [2.45, 2.75) is 33.3 Å². The number of likely N-dealkylation sites (N-methyl/N-ethyl adjacent to an activating group) is 1. The minimum atomic E-state index is -0.924. The Morgan fingerprint density at radius 1 is 1.45 bits per heavy atom. The average Bonchev–Trinajstić information content (AvgIpc) is 2.35. The second-order valence-corrected chi connectivity index (χ2v) is 5.85. The molecule has 5 heteroatoms. The van der Waals surface area contributed by atoms with Crippen LogP contribution in [0.3, 0.4) is 0 Å². The molecule has 0 radical (unpaired) electrons. The standard InChI is InChI=1S/C15H22ClNO3/c1-5-17(10-15(3,4)19)14(18)9-20-13-8-11(2)6-7-12(13)16/h6-8,19H,5,9-10H2,1-4H3. The van der Waals surface area contributed by atoms with E-state index in [1.807, 2.05) is 19.9 Å². The minimum absolute atomic E-state index is 0.0902. The summed E-state index contributed by atoms with van der Waals surface area (Å²) in [6.45, 7) is 7.83. The van der Waals surface area contributed by atoms with Crippen LogP contribution >= 0.6 is 11.6 Å². The molecule has 0 atom stereocenters. The molecule has 0 aliphatic carbocycles. The molecule has 4 nitrogen and oxygen atoms in total. The Balaban J connectivity index is 2.63. The van der Waals surface area contributed by atoms with E-state index in [4.69, 9.17) is 16.3 Å². The van der Waals surface area contributed by atoms with Gasteiger partial charge in [-0.15, -0.1) is 0 Å². The van der Waals surface area contributed by atoms with E-state index in [-0.39, 0.29) is 19.1 Å². The van der Waals surface area contributed by atoms with Crippen LogP contribution in [0.15, 0.2) is 18.2 Å². The fourth-order valence-electron chi connectivity index (χ4n) is 1.80. The number of aliphatic hydroxyl groups is 1. The van der Waals surface area contributed by atoms with Crippen molar-refractivity contribution in [2.75, 3.05) is 19.7 Å². The van der Waals surface area contributed by atoms with E-state index in [0.717, 1.165) is 5.56 Å². The van der Waals surface area contributed by atoms with E-state index in [9.17, 15) is 9.90 Å². The molecule has 0 aliphatic rings. The van der Waals surface area contributed by atoms with Crippen LogP contribution in [0.2, 0.25) is 5.02 Å². The molecule has 0 aromatic heterocycles. The maximum atomic E-state index is 12.1. The Morgan fingerprint density at radius 2 is 2.10 bits per heavy atom. The molecule has 0 fully saturated rings. The Labute approximate surface area is 125 Å². The number of hydrogen-bond acceptors (Lipinski definition) is 3. The number of rotatable bonds is 6. The molecule has 0 bridgehead atoms. The van der Waals surface area contributed by atoms with Gasteiger partial charge in [-0.05, 0) is 45.4 Å². The van der Waals surface area contributed by atoms with Crippen LogP contribution in [0.5, 0.6) is 5.75 Å². The Kier molecular flexibility index (Phi) is 5.84. The van der Waals surface area contributed by atoms with Gasteiger partial charge >= 0.3 is 0 Å². The van der Waals surface area contributed by atoms with E-state index in [2.05, 4.69) is 0 Å². The first kappa shape index (κ1) is 16.8. The molecular formula is C15H22ClNO3. The van der Waals surface area contributed by atoms with Gasteiger partial charge in [0.15, 0.2) is 6.61 Å². The molecule has 0 saturated heterocycles. The molecule has 1 aromatic rings. The largest absolute Gasteiger partial charge is 0.482 e. The van der Waals surface area contributed by atoms with Crippen LogP contribution in [0.1, 0.15) is 26.3 Å². The van der Waals surface area contributed by atoms with Gasteiger partial charge in [-0.1, -0.05) is 17.7 Å². The predicted molar refractivity (Wildman–Crippen MR) is 80.2 cm³/mol. The fraction of sp³-hybridized carbons (Fsp3) is 0.533. The molecule has 0 spiro atoms. The summed E-state index contributed by atoms with van der Waals surface area (Å²) in [6, 6.07) is 5.41. The fourth-order valence-corrected chi connectivity index (χ4v) is 1.97. The van der Waals surface area contributed by atoms with Gasteiger partial charge < -0.3 is 14.7 Å². The molecule has 0 saturated carbocycles. The van der Waals surface area contributed by atoms with Crippen LogP contribution in [0, 0.1) is 6.92 Å². The highest BCUT2D eigenvalue weighted by atomic mass is 35.5. The first-order valence-electron chi connectivity index (χ1n) is 6.62. The van der Waals surface area contributed by atoms with E-state index >= 15 is 0 Å². The van der Waals surface area contributed by atoms with Crippen molar-refractivity contribution in [3.05, 3.63) is 28.8 Å². The van der Waals surface area contributed by atoms with Gasteiger partial charge in [0.05, 0.1) is 10.6 Å². The number of carbonyl (C=O) groups is 1. The molecule has 1 rings (SSSR count). The van der Waals surface area contributed by atoms with Crippen LogP contribution in [-0.2, 0) is 4.79 Å². The topological polar surface area (TPSA) is 49.8 Å². The monoisotopic (exact) mass is 299 g/mol. The van der Waals surface area contributed by atoms with E-state index < -0.39 is 5.60 Å². The second-order valence-electron chi connectivity index (χ2n) is 5.44. The van der Waals surface area contributed by atoms with Crippen molar-refractivity contribution in [3.8, 4) is 5.75 Å². The lowest BCUT2D eigenvalue weighted by atomic mass is 10.1. The van der Waals surface area contributed by atoms with Crippen molar-refractivity contribution in [1.29, 1.82) is 0 Å². The number of aryl methyl sites for hydroxylation is 1. The highest BCUT2D eigenvalue weighted by Crippen LogP contribution is 2.25. The van der Waals surface area contributed by atoms with Crippen LogP contribution in [0.25, 0.3) is 0 Å². The van der Waals surface area contributed by atoms with Crippen LogP contribution in [0.4, 0.5) is 0 Å². The van der Waals surface area contributed by atoms with Gasteiger partial charge in [0.1, 0.15) is 5.75 Å². The van der Waals surface area contributed by atoms with Crippen molar-refractivity contribution in [1.82, 2.24) is 4.90 Å². The zero-order chi connectivity index (χ0) is 15.3. The molecule has 112 valence electrons. The van der Waals surface area contributed by atoms with Gasteiger partial charge in [-0.3, -0.25) is 4.79 Å². The third-order valence-corrected chi connectivity index (χ3v) is 3.06. The molecule has 0 unspecified atom stereocenters. The summed E-state index contributed by atoms with van der Waals surface area (Å²) in [5, 5.41) is 10.3. The van der Waals surface area contributed by atoms with E-state index in [1.165, 1.54) is 0 Å². The van der Waals surface area contributed by atoms with Gasteiger partial charge in [0.25, 0.3) is 5.91 Å². The first-order valence-corrected chi connectivity index (χ1v) is 7.00. The lowest BCUT2D eigenvalue weighted by Gasteiger charge is -2.28. The molecule has 0 aliphatic heterocycles. The molecule has 0 heterocycles. The van der Waals surface area contributed by atoms with Gasteiger partial charge in [0.2, 0.25) is 0 Å². The third kappa shape index (κ3) is 5.39. The number of carbonyl (C=O) groups excluding carboxylic acids is 1. The number of hydrogen-bond donors (Lipinski definition) is 1. The second kappa shape index (κ2) is 6.95. The Morgan fingerprint density at radius 3 is 2.65 bits per heavy atom. The lowest BCUT2D eigenvalue weighted by Crippen LogP contribution is -2.44. The van der Waals surface area contributed by atoms with Crippen molar-refractivity contribution in [2.24, 2.45) is 0 Å². The number of halogens is 1. The maximum Gasteiger partial charge on any atom is 0.260 e. The summed E-state index contributed by atoms with van der Waals surface area (Å²) in [7, 11) is 0. The summed E-state index contributed by atoms with van der Waals surface area (Å²) >= 11 is 6.01. The van der Waals surface area contributed by atoms with Gasteiger partial charge in [-0.25, -0.2) is 0 Å². The molecule has 1 aromatic carbocycles. The highest BCUT2D eigenvalue weighted by Gasteiger charge is 2.21. The zero-order valence-corrected chi connectivity index (χ0v) is 13.2. The molecular weight excluding hydrogens is 278 g/mol. The normalized spacial score (nSPS) is 11.3. The predicted octanol–water partition coefficient (Wildman–Crippen LogP) is 2.65. The number of amides is 1. The van der Waals surface area contributed by atoms with Gasteiger partial charge in [-0.2, -0.15) is 0 Å². The highest BCUT2D eigenvalue weighted by molar-refractivity contribution is 6.32. The van der Waals surface area contributed by atoms with Crippen molar-refractivity contribution in [3.63, 3.8) is 0 Å². The zero-order valence-electron chi connectivity index (χ0n) is 12.4. The summed E-state index contributed by atoms with van der Waals surface area (Å²) < 4.78 is 5.47. The van der Waals surface area contributed by atoms with Crippen molar-refractivity contribution >= 4 is 17.5 Å². The summed E-state index contributed by atoms with van der Waals surface area (Å²) in [5.74, 6) is 0.325. The average molecular weight is 300 g/mol. The number of nitrogens with zero attached hydrogens (tertiary/aromatic N) is 1. The van der Waals surface area contributed by atoms with Crippen LogP contribution in [-0.4, -0.2) is 41.2 Å². The first-order chi connectivity index (χ1) is 9.23. The minimum Gasteiger partial charge on any atom is -0.482 e. The lowest BCUT2D eigenvalue weighted by molar-refractivity contribution is -0.136. The van der Waals surface area contributed by atoms with Crippen LogP contribution < -0.4 is 4.74 Å². The smallest absolute Gasteiger partial charge is 0.260 e. The quantitative estimate of drug-likeness (QED) is 0.878. The number of benzene rings is 1. The molecule has 20 heavy (non-hydrogen) atoms. The summed E-state index contributed by atoms with van der Waals surface area (Å²) in [6.07, 6.45) is 0. The SMILES string of the molecule is CCN(CC(C)(C)O)C(=O)COc1cc(C)ccc1Cl. The third-order valence-electron chi connectivity index (χ3n) is 2.75. The Bertz CT molecular complexity index is 469. The van der Waals surface area contributed by atoms with E-state index in [0.29, 0.717) is 17.3 Å². The summed E-state index contributed by atoms with van der Waals surface area (Å²) in [5.41, 5.74) is 0.0906. The Hall–Kier alpha value is -1.26. The molecule has 1 amide bonds. The van der Waals surface area contributed by atoms with E-state index in [1.54, 1.807) is 30.9 Å². The molecule has 1 N–H and O–H groups in total. The number of ether oxygens (including phenoxy) is 1. The van der Waals surface area contributed by atoms with Crippen molar-refractivity contribution < 1.29 is 14.6 Å². The summed E-state index contributed by atoms with van der Waals surface area (Å²) in [4.78, 5) is 13.6. The maximum absolute atomic E-state index is 12.1. The van der Waals surface area contributed by atoms with Gasteiger partial charge in [0, 0.05) is 13.1 Å².